The minimum Gasteiger partial charge on any atom is -0.409 e. The lowest BCUT2D eigenvalue weighted by Crippen LogP contribution is -2.43. The van der Waals surface area contributed by atoms with E-state index >= 15 is 0 Å². The standard InChI is InChI=1S/C29H26ClN3O3/c1-19-13-14-26(24(30)17-19)36-29(35)32-16-15-23-25(18-32)31-20(2)33(28(23)34)27(21-9-5-3-6-10-21)22-11-7-4-8-12-22/h3-14,17,27H,15-16,18H2,1-2H3. The molecule has 1 amide bonds. The Hall–Kier alpha value is -3.90. The quantitative estimate of drug-likeness (QED) is 0.361. The maximum absolute atomic E-state index is 13.8. The Balaban J connectivity index is 1.47. The fourth-order valence-corrected chi connectivity index (χ4v) is 4.96. The molecule has 0 radical (unpaired) electrons. The predicted molar refractivity (Wildman–Crippen MR) is 140 cm³/mol. The molecule has 0 N–H and O–H groups in total. The molecule has 7 heteroatoms. The zero-order valence-electron chi connectivity index (χ0n) is 20.1. The smallest absolute Gasteiger partial charge is 0.409 e. The van der Waals surface area contributed by atoms with Crippen LogP contribution in [-0.4, -0.2) is 27.1 Å². The van der Waals surface area contributed by atoms with Crippen LogP contribution >= 0.6 is 11.6 Å². The van der Waals surface area contributed by atoms with Crippen LogP contribution in [0.15, 0.2) is 83.7 Å². The number of rotatable bonds is 4. The van der Waals surface area contributed by atoms with Crippen molar-refractivity contribution in [3.8, 4) is 5.75 Å². The number of hydrogen-bond acceptors (Lipinski definition) is 4. The van der Waals surface area contributed by atoms with E-state index in [2.05, 4.69) is 0 Å². The fraction of sp³-hybridized carbons (Fsp3) is 0.207. The number of benzene rings is 3. The summed E-state index contributed by atoms with van der Waals surface area (Å²) in [5.41, 5.74) is 4.15. The lowest BCUT2D eigenvalue weighted by molar-refractivity contribution is 0.145. The van der Waals surface area contributed by atoms with Crippen molar-refractivity contribution >= 4 is 17.7 Å². The first-order chi connectivity index (χ1) is 17.4. The molecule has 0 bridgehead atoms. The molecule has 182 valence electrons. The molecule has 0 spiro atoms. The van der Waals surface area contributed by atoms with Crippen molar-refractivity contribution < 1.29 is 9.53 Å². The predicted octanol–water partition coefficient (Wildman–Crippen LogP) is 5.71. The molecule has 3 aromatic carbocycles. The summed E-state index contributed by atoms with van der Waals surface area (Å²) in [4.78, 5) is 33.1. The van der Waals surface area contributed by atoms with Gasteiger partial charge < -0.3 is 9.64 Å². The summed E-state index contributed by atoms with van der Waals surface area (Å²) in [6.07, 6.45) is -0.115. The number of amides is 1. The first-order valence-corrected chi connectivity index (χ1v) is 12.2. The van der Waals surface area contributed by atoms with Crippen molar-refractivity contribution in [2.24, 2.45) is 0 Å². The van der Waals surface area contributed by atoms with Crippen LogP contribution in [0.1, 0.15) is 39.8 Å². The Kier molecular flexibility index (Phi) is 6.61. The Morgan fingerprint density at radius 2 is 1.61 bits per heavy atom. The van der Waals surface area contributed by atoms with Crippen LogP contribution in [0.5, 0.6) is 5.75 Å². The SMILES string of the molecule is Cc1ccc(OC(=O)N2CCc3c(nc(C)n(C(c4ccccc4)c4ccccc4)c3=O)C2)c(Cl)c1. The van der Waals surface area contributed by atoms with E-state index in [0.717, 1.165) is 16.7 Å². The van der Waals surface area contributed by atoms with Gasteiger partial charge in [-0.25, -0.2) is 9.78 Å². The van der Waals surface area contributed by atoms with Crippen molar-refractivity contribution in [3.05, 3.63) is 128 Å². The van der Waals surface area contributed by atoms with E-state index in [0.29, 0.717) is 40.8 Å². The first kappa shape index (κ1) is 23.8. The molecule has 6 nitrogen and oxygen atoms in total. The summed E-state index contributed by atoms with van der Waals surface area (Å²) < 4.78 is 7.30. The van der Waals surface area contributed by atoms with E-state index in [9.17, 15) is 9.59 Å². The summed E-state index contributed by atoms with van der Waals surface area (Å²) in [7, 11) is 0. The maximum Gasteiger partial charge on any atom is 0.415 e. The zero-order valence-corrected chi connectivity index (χ0v) is 20.9. The van der Waals surface area contributed by atoms with Crippen LogP contribution in [-0.2, 0) is 13.0 Å². The second-order valence-corrected chi connectivity index (χ2v) is 9.36. The highest BCUT2D eigenvalue weighted by Crippen LogP contribution is 2.29. The van der Waals surface area contributed by atoms with Crippen LogP contribution in [0.4, 0.5) is 4.79 Å². The zero-order chi connectivity index (χ0) is 25.2. The number of aryl methyl sites for hydroxylation is 2. The second kappa shape index (κ2) is 9.99. The van der Waals surface area contributed by atoms with Crippen molar-refractivity contribution in [2.45, 2.75) is 32.9 Å². The molecule has 4 aromatic rings. The summed E-state index contributed by atoms with van der Waals surface area (Å²) >= 11 is 6.23. The molecule has 5 rings (SSSR count). The van der Waals surface area contributed by atoms with E-state index < -0.39 is 6.09 Å². The summed E-state index contributed by atoms with van der Waals surface area (Å²) in [6, 6.07) is 24.9. The first-order valence-electron chi connectivity index (χ1n) is 11.9. The lowest BCUT2D eigenvalue weighted by atomic mass is 9.97. The van der Waals surface area contributed by atoms with Gasteiger partial charge in [0.05, 0.1) is 23.3 Å². The second-order valence-electron chi connectivity index (χ2n) is 8.96. The van der Waals surface area contributed by atoms with E-state index in [1.807, 2.05) is 80.6 Å². The monoisotopic (exact) mass is 499 g/mol. The lowest BCUT2D eigenvalue weighted by Gasteiger charge is -2.30. The van der Waals surface area contributed by atoms with Gasteiger partial charge in [-0.1, -0.05) is 78.3 Å². The molecular weight excluding hydrogens is 474 g/mol. The number of halogens is 1. The third-order valence-electron chi connectivity index (χ3n) is 6.47. The minimum atomic E-state index is -0.513. The van der Waals surface area contributed by atoms with Crippen LogP contribution in [0.25, 0.3) is 0 Å². The van der Waals surface area contributed by atoms with Crippen LogP contribution in [0, 0.1) is 13.8 Å². The highest BCUT2D eigenvalue weighted by molar-refractivity contribution is 6.32. The molecule has 0 aliphatic carbocycles. The average Bonchev–Trinajstić information content (AvgIpc) is 2.88. The molecule has 0 saturated heterocycles. The number of hydrogen-bond donors (Lipinski definition) is 0. The molecule has 1 aromatic heterocycles. The van der Waals surface area contributed by atoms with E-state index in [1.54, 1.807) is 21.6 Å². The van der Waals surface area contributed by atoms with Gasteiger partial charge in [0.25, 0.3) is 5.56 Å². The van der Waals surface area contributed by atoms with Gasteiger partial charge >= 0.3 is 6.09 Å². The summed E-state index contributed by atoms with van der Waals surface area (Å²) in [5, 5.41) is 0.380. The Morgan fingerprint density at radius 1 is 0.972 bits per heavy atom. The van der Waals surface area contributed by atoms with Crippen LogP contribution in [0.3, 0.4) is 0 Å². The van der Waals surface area contributed by atoms with Gasteiger partial charge in [0, 0.05) is 12.1 Å². The Morgan fingerprint density at radius 3 is 2.22 bits per heavy atom. The number of ether oxygens (including phenoxy) is 1. The summed E-state index contributed by atoms with van der Waals surface area (Å²) in [6.45, 7) is 4.32. The largest absolute Gasteiger partial charge is 0.415 e. The van der Waals surface area contributed by atoms with E-state index in [4.69, 9.17) is 21.3 Å². The normalized spacial score (nSPS) is 12.9. The molecule has 1 aliphatic heterocycles. The molecule has 0 saturated carbocycles. The summed E-state index contributed by atoms with van der Waals surface area (Å²) in [5.74, 6) is 0.902. The number of carbonyl (C=O) groups is 1. The topological polar surface area (TPSA) is 64.4 Å². The van der Waals surface area contributed by atoms with Crippen molar-refractivity contribution in [2.75, 3.05) is 6.54 Å². The third kappa shape index (κ3) is 4.64. The Bertz CT molecular complexity index is 1430. The average molecular weight is 500 g/mol. The number of aromatic nitrogens is 2. The molecular formula is C29H26ClN3O3. The Labute approximate surface area is 214 Å². The molecule has 0 fully saturated rings. The van der Waals surface area contributed by atoms with Crippen LogP contribution in [0.2, 0.25) is 5.02 Å². The fourth-order valence-electron chi connectivity index (χ4n) is 4.69. The molecule has 2 heterocycles. The number of nitrogens with zero attached hydrogens (tertiary/aromatic N) is 3. The van der Waals surface area contributed by atoms with Gasteiger partial charge in [-0.2, -0.15) is 0 Å². The molecule has 1 aliphatic rings. The molecule has 0 atom stereocenters. The number of carbonyl (C=O) groups excluding carboxylic acids is 1. The van der Waals surface area contributed by atoms with Gasteiger partial charge in [-0.3, -0.25) is 9.36 Å². The van der Waals surface area contributed by atoms with Crippen molar-refractivity contribution in [1.29, 1.82) is 0 Å². The van der Waals surface area contributed by atoms with Crippen molar-refractivity contribution in [1.82, 2.24) is 14.5 Å². The van der Waals surface area contributed by atoms with Gasteiger partial charge in [-0.15, -0.1) is 0 Å². The number of fused-ring (bicyclic) bond motifs is 1. The molecule has 0 unspecified atom stereocenters. The van der Waals surface area contributed by atoms with Crippen LogP contribution < -0.4 is 10.3 Å². The van der Waals surface area contributed by atoms with Gasteiger partial charge in [0.1, 0.15) is 5.82 Å². The maximum atomic E-state index is 13.8. The molecule has 36 heavy (non-hydrogen) atoms. The van der Waals surface area contributed by atoms with Gasteiger partial charge in [0.15, 0.2) is 5.75 Å². The van der Waals surface area contributed by atoms with Gasteiger partial charge in [-0.05, 0) is 49.1 Å². The highest BCUT2D eigenvalue weighted by Gasteiger charge is 2.29. The highest BCUT2D eigenvalue weighted by atomic mass is 35.5. The van der Waals surface area contributed by atoms with Gasteiger partial charge in [0.2, 0.25) is 0 Å². The van der Waals surface area contributed by atoms with E-state index in [1.165, 1.54) is 0 Å². The third-order valence-corrected chi connectivity index (χ3v) is 6.77. The minimum absolute atomic E-state index is 0.0789. The van der Waals surface area contributed by atoms with E-state index in [-0.39, 0.29) is 18.1 Å². The van der Waals surface area contributed by atoms with Crippen molar-refractivity contribution in [3.63, 3.8) is 0 Å².